The Hall–Kier alpha value is -4.14. The van der Waals surface area contributed by atoms with Crippen molar-refractivity contribution >= 4 is 23.6 Å². The lowest BCUT2D eigenvalue weighted by Crippen LogP contribution is -2.54. The Bertz CT molecular complexity index is 1230. The summed E-state index contributed by atoms with van der Waals surface area (Å²) in [4.78, 5) is 50.8. The first kappa shape index (κ1) is 18.9. The van der Waals surface area contributed by atoms with Crippen molar-refractivity contribution in [3.05, 3.63) is 77.1 Å². The lowest BCUT2D eigenvalue weighted by molar-refractivity contribution is -0.136. The van der Waals surface area contributed by atoms with Crippen LogP contribution in [0, 0.1) is 0 Å². The SMILES string of the molecule is O=C1CCC(N2C(=O)c3cccc(-n4cc(Cc5ccccc5)nn4)c3C2=O)C(=O)N1. The normalized spacial score (nSPS) is 18.3. The van der Waals surface area contributed by atoms with E-state index in [0.29, 0.717) is 17.8 Å². The molecule has 1 fully saturated rings. The fraction of sp³-hybridized carbons (Fsp3) is 0.182. The Morgan fingerprint density at radius 3 is 2.55 bits per heavy atom. The van der Waals surface area contributed by atoms with Crippen molar-refractivity contribution < 1.29 is 19.2 Å². The third-order valence-electron chi connectivity index (χ3n) is 5.46. The third-order valence-corrected chi connectivity index (χ3v) is 5.46. The minimum atomic E-state index is -1.01. The molecule has 0 saturated carbocycles. The number of aromatic nitrogens is 3. The third kappa shape index (κ3) is 3.20. The van der Waals surface area contributed by atoms with Gasteiger partial charge in [0.05, 0.1) is 28.7 Å². The Morgan fingerprint density at radius 2 is 1.77 bits per heavy atom. The summed E-state index contributed by atoms with van der Waals surface area (Å²) in [5, 5.41) is 10.5. The van der Waals surface area contributed by atoms with Crippen molar-refractivity contribution in [1.82, 2.24) is 25.2 Å². The van der Waals surface area contributed by atoms with Crippen LogP contribution in [0.2, 0.25) is 0 Å². The van der Waals surface area contributed by atoms with E-state index in [1.54, 1.807) is 24.4 Å². The summed E-state index contributed by atoms with van der Waals surface area (Å²) in [6, 6.07) is 13.7. The Kier molecular flexibility index (Phi) is 4.43. The van der Waals surface area contributed by atoms with Crippen molar-refractivity contribution in [1.29, 1.82) is 0 Å². The quantitative estimate of drug-likeness (QED) is 0.642. The van der Waals surface area contributed by atoms with Gasteiger partial charge in [0.15, 0.2) is 0 Å². The summed E-state index contributed by atoms with van der Waals surface area (Å²) in [6.45, 7) is 0. The first-order valence-corrected chi connectivity index (χ1v) is 9.83. The zero-order valence-corrected chi connectivity index (χ0v) is 16.3. The smallest absolute Gasteiger partial charge is 0.264 e. The number of imide groups is 2. The molecule has 1 aromatic heterocycles. The zero-order chi connectivity index (χ0) is 21.5. The largest absolute Gasteiger partial charge is 0.295 e. The van der Waals surface area contributed by atoms with Gasteiger partial charge in [-0.2, -0.15) is 0 Å². The second kappa shape index (κ2) is 7.28. The average Bonchev–Trinajstić information content (AvgIpc) is 3.32. The predicted molar refractivity (Wildman–Crippen MR) is 107 cm³/mol. The average molecular weight is 415 g/mol. The number of carbonyl (C=O) groups is 4. The van der Waals surface area contributed by atoms with Gasteiger partial charge < -0.3 is 0 Å². The van der Waals surface area contributed by atoms with Crippen molar-refractivity contribution in [3.8, 4) is 5.69 Å². The van der Waals surface area contributed by atoms with E-state index in [2.05, 4.69) is 15.6 Å². The molecule has 5 rings (SSSR count). The number of hydrogen-bond acceptors (Lipinski definition) is 6. The van der Waals surface area contributed by atoms with Crippen LogP contribution in [0.25, 0.3) is 5.69 Å². The van der Waals surface area contributed by atoms with Crippen LogP contribution in [0.15, 0.2) is 54.7 Å². The standard InChI is InChI=1S/C22H17N5O4/c28-18-10-9-17(20(29)23-18)27-21(30)15-7-4-8-16(19(15)22(27)31)26-12-14(24-25-26)11-13-5-2-1-3-6-13/h1-8,12,17H,9-11H2,(H,23,28,29). The van der Waals surface area contributed by atoms with E-state index >= 15 is 0 Å². The van der Waals surface area contributed by atoms with Crippen LogP contribution in [-0.2, 0) is 16.0 Å². The van der Waals surface area contributed by atoms with Crippen molar-refractivity contribution in [2.45, 2.75) is 25.3 Å². The van der Waals surface area contributed by atoms with E-state index < -0.39 is 29.7 Å². The minimum Gasteiger partial charge on any atom is -0.295 e. The van der Waals surface area contributed by atoms with Gasteiger partial charge >= 0.3 is 0 Å². The number of carbonyl (C=O) groups excluding carboxylic acids is 4. The molecule has 2 aliphatic heterocycles. The van der Waals surface area contributed by atoms with E-state index in [9.17, 15) is 19.2 Å². The molecule has 3 aromatic rings. The number of nitrogens with one attached hydrogen (secondary N) is 1. The maximum absolute atomic E-state index is 13.2. The molecular formula is C22H17N5O4. The van der Waals surface area contributed by atoms with Crippen LogP contribution in [0.3, 0.4) is 0 Å². The van der Waals surface area contributed by atoms with Crippen LogP contribution in [0.4, 0.5) is 0 Å². The maximum atomic E-state index is 13.2. The van der Waals surface area contributed by atoms with Gasteiger partial charge in [0, 0.05) is 12.8 Å². The van der Waals surface area contributed by atoms with Gasteiger partial charge in [-0.25, -0.2) is 4.68 Å². The van der Waals surface area contributed by atoms with Crippen LogP contribution >= 0.6 is 0 Å². The molecule has 0 spiro atoms. The number of rotatable bonds is 4. The molecule has 2 aromatic carbocycles. The summed E-state index contributed by atoms with van der Waals surface area (Å²) in [5.74, 6) is -2.18. The molecule has 1 N–H and O–H groups in total. The van der Waals surface area contributed by atoms with Gasteiger partial charge in [0.25, 0.3) is 11.8 Å². The Morgan fingerprint density at radius 1 is 0.968 bits per heavy atom. The van der Waals surface area contributed by atoms with Crippen LogP contribution in [-0.4, -0.2) is 49.6 Å². The minimum absolute atomic E-state index is 0.0720. The number of fused-ring (bicyclic) bond motifs is 1. The van der Waals surface area contributed by atoms with Gasteiger partial charge in [-0.1, -0.05) is 41.6 Å². The second-order valence-electron chi connectivity index (χ2n) is 7.46. The monoisotopic (exact) mass is 415 g/mol. The summed E-state index contributed by atoms with van der Waals surface area (Å²) in [7, 11) is 0. The number of hydrogen-bond donors (Lipinski definition) is 1. The molecule has 154 valence electrons. The van der Waals surface area contributed by atoms with Crippen LogP contribution in [0.5, 0.6) is 0 Å². The molecular weight excluding hydrogens is 398 g/mol. The Balaban J connectivity index is 1.48. The second-order valence-corrected chi connectivity index (χ2v) is 7.46. The molecule has 4 amide bonds. The fourth-order valence-corrected chi connectivity index (χ4v) is 3.99. The van der Waals surface area contributed by atoms with Crippen molar-refractivity contribution in [2.24, 2.45) is 0 Å². The predicted octanol–water partition coefficient (Wildman–Crippen LogP) is 1.26. The maximum Gasteiger partial charge on any atom is 0.264 e. The van der Waals surface area contributed by atoms with Gasteiger partial charge in [0.2, 0.25) is 11.8 Å². The zero-order valence-electron chi connectivity index (χ0n) is 16.3. The highest BCUT2D eigenvalue weighted by molar-refractivity contribution is 6.24. The number of nitrogens with zero attached hydrogens (tertiary/aromatic N) is 4. The molecule has 9 heteroatoms. The summed E-state index contributed by atoms with van der Waals surface area (Å²) >= 11 is 0. The van der Waals surface area contributed by atoms with E-state index in [0.717, 1.165) is 10.5 Å². The molecule has 1 saturated heterocycles. The highest BCUT2D eigenvalue weighted by atomic mass is 16.2. The van der Waals surface area contributed by atoms with Crippen molar-refractivity contribution in [3.63, 3.8) is 0 Å². The van der Waals surface area contributed by atoms with E-state index in [-0.39, 0.29) is 24.0 Å². The van der Waals surface area contributed by atoms with Crippen LogP contribution < -0.4 is 5.32 Å². The summed E-state index contributed by atoms with van der Waals surface area (Å²) in [6.07, 6.45) is 2.47. The highest BCUT2D eigenvalue weighted by Gasteiger charge is 2.45. The van der Waals surface area contributed by atoms with E-state index in [4.69, 9.17) is 0 Å². The van der Waals surface area contributed by atoms with E-state index in [1.807, 2.05) is 30.3 Å². The molecule has 31 heavy (non-hydrogen) atoms. The topological polar surface area (TPSA) is 114 Å². The van der Waals surface area contributed by atoms with Gasteiger partial charge in [-0.05, 0) is 24.1 Å². The Labute approximate surface area is 176 Å². The molecule has 3 heterocycles. The summed E-state index contributed by atoms with van der Waals surface area (Å²) < 4.78 is 1.47. The lowest BCUT2D eigenvalue weighted by atomic mass is 10.0. The highest BCUT2D eigenvalue weighted by Crippen LogP contribution is 2.31. The van der Waals surface area contributed by atoms with Gasteiger partial charge in [0.1, 0.15) is 6.04 Å². The van der Waals surface area contributed by atoms with E-state index in [1.165, 1.54) is 4.68 Å². The summed E-state index contributed by atoms with van der Waals surface area (Å²) in [5.41, 5.74) is 2.57. The number of benzene rings is 2. The van der Waals surface area contributed by atoms with Crippen LogP contribution in [0.1, 0.15) is 44.8 Å². The lowest BCUT2D eigenvalue weighted by Gasteiger charge is -2.27. The molecule has 0 aliphatic carbocycles. The number of amides is 4. The number of piperidine rings is 1. The first-order chi connectivity index (χ1) is 15.0. The molecule has 0 radical (unpaired) electrons. The first-order valence-electron chi connectivity index (χ1n) is 9.83. The van der Waals surface area contributed by atoms with Crippen molar-refractivity contribution in [2.75, 3.05) is 0 Å². The fourth-order valence-electron chi connectivity index (χ4n) is 3.99. The van der Waals surface area contributed by atoms with Gasteiger partial charge in [-0.15, -0.1) is 5.10 Å². The molecule has 0 bridgehead atoms. The molecule has 1 atom stereocenters. The molecule has 9 nitrogen and oxygen atoms in total. The van der Waals surface area contributed by atoms with Gasteiger partial charge in [-0.3, -0.25) is 29.4 Å². The molecule has 2 aliphatic rings. The molecule has 1 unspecified atom stereocenters.